The fraction of sp³-hybridized carbons (Fsp3) is 0.462. The summed E-state index contributed by atoms with van der Waals surface area (Å²) < 4.78 is 14.2. The first-order valence-electron chi connectivity index (χ1n) is 6.44. The van der Waals surface area contributed by atoms with Gasteiger partial charge in [0.1, 0.15) is 32.0 Å². The molecule has 1 aromatic carbocycles. The van der Waals surface area contributed by atoms with E-state index in [9.17, 15) is 9.18 Å². The van der Waals surface area contributed by atoms with Crippen LogP contribution >= 0.6 is 15.9 Å². The summed E-state index contributed by atoms with van der Waals surface area (Å²) in [5.41, 5.74) is 0.243. The molecule has 1 amide bonds. The van der Waals surface area contributed by atoms with Crippen LogP contribution in [-0.2, 0) is 4.79 Å². The average Bonchev–Trinajstić information content (AvgIpc) is 2.36. The number of amides is 1. The Morgan fingerprint density at radius 3 is 2.68 bits per heavy atom. The van der Waals surface area contributed by atoms with E-state index < -0.39 is 5.82 Å². The number of hydrogen-bond acceptors (Lipinski definition) is 1. The van der Waals surface area contributed by atoms with Gasteiger partial charge in [-0.3, -0.25) is 4.79 Å². The zero-order valence-electron chi connectivity index (χ0n) is 10.9. The van der Waals surface area contributed by atoms with E-state index in [1.807, 2.05) is 0 Å². The fourth-order valence-corrected chi connectivity index (χ4v) is 2.55. The lowest BCUT2D eigenvalue weighted by atomic mass is 10.3. The van der Waals surface area contributed by atoms with E-state index in [0.29, 0.717) is 11.0 Å². The maximum Gasteiger partial charge on any atom is 0.279 e. The number of halogens is 2. The van der Waals surface area contributed by atoms with Crippen LogP contribution in [0.1, 0.15) is 0 Å². The molecule has 0 saturated carbocycles. The van der Waals surface area contributed by atoms with E-state index in [1.54, 1.807) is 12.1 Å². The first kappa shape index (κ1) is 14.4. The molecule has 0 aliphatic carbocycles. The minimum atomic E-state index is -0.416. The van der Waals surface area contributed by atoms with Crippen molar-refractivity contribution in [3.05, 3.63) is 28.5 Å². The fourth-order valence-electron chi connectivity index (χ4n) is 2.22. The monoisotopic (exact) mass is 331 g/mol. The Bertz CT molecular complexity index is 461. The zero-order valence-corrected chi connectivity index (χ0v) is 12.5. The van der Waals surface area contributed by atoms with Crippen LogP contribution in [0.2, 0.25) is 0 Å². The van der Waals surface area contributed by atoms with Gasteiger partial charge >= 0.3 is 0 Å². The number of anilines is 1. The predicted octanol–water partition coefficient (Wildman–Crippen LogP) is -1.06. The minimum Gasteiger partial charge on any atom is -0.328 e. The molecule has 2 rings (SSSR count). The quantitative estimate of drug-likeness (QED) is 0.649. The topological polar surface area (TPSA) is 38.0 Å². The summed E-state index contributed by atoms with van der Waals surface area (Å²) in [4.78, 5) is 14.6. The van der Waals surface area contributed by atoms with Crippen molar-refractivity contribution in [2.75, 3.05) is 45.1 Å². The van der Waals surface area contributed by atoms with Crippen molar-refractivity contribution in [1.82, 2.24) is 0 Å². The number of hydrogen-bond donors (Lipinski definition) is 3. The Morgan fingerprint density at radius 2 is 2.05 bits per heavy atom. The smallest absolute Gasteiger partial charge is 0.279 e. The molecule has 1 aromatic rings. The molecule has 0 spiro atoms. The summed E-state index contributed by atoms with van der Waals surface area (Å²) in [6.45, 7) is 4.54. The normalized spacial score (nSPS) is 23.1. The van der Waals surface area contributed by atoms with Gasteiger partial charge in [0.25, 0.3) is 5.91 Å². The Kier molecular flexibility index (Phi) is 4.90. The highest BCUT2D eigenvalue weighted by atomic mass is 79.9. The zero-order chi connectivity index (χ0) is 13.8. The molecular formula is C13H19BrFN3O+2. The van der Waals surface area contributed by atoms with E-state index in [2.05, 4.69) is 28.3 Å². The van der Waals surface area contributed by atoms with Crippen LogP contribution < -0.4 is 15.1 Å². The number of rotatable bonds is 3. The third-order valence-corrected chi connectivity index (χ3v) is 3.92. The van der Waals surface area contributed by atoms with E-state index >= 15 is 0 Å². The third kappa shape index (κ3) is 4.26. The number of likely N-dealkylation sites (N-methyl/N-ethyl adjacent to an activating group) is 1. The minimum absolute atomic E-state index is 0.129. The lowest BCUT2D eigenvalue weighted by Gasteiger charge is -2.26. The van der Waals surface area contributed by atoms with Gasteiger partial charge in [0, 0.05) is 4.47 Å². The second-order valence-electron chi connectivity index (χ2n) is 5.06. The van der Waals surface area contributed by atoms with Crippen LogP contribution in [0.5, 0.6) is 0 Å². The van der Waals surface area contributed by atoms with E-state index in [0.717, 1.165) is 26.2 Å². The standard InChI is InChI=1S/C13H17BrFN3O/c1-17-4-6-18(7-5-17)9-13(19)16-12-3-2-10(14)8-11(12)15/h2-3,8H,4-7,9H2,1H3,(H,16,19)/p+2. The van der Waals surface area contributed by atoms with E-state index in [-0.39, 0.29) is 11.6 Å². The molecule has 0 radical (unpaired) electrons. The summed E-state index contributed by atoms with van der Waals surface area (Å²) in [7, 11) is 2.16. The highest BCUT2D eigenvalue weighted by molar-refractivity contribution is 9.10. The van der Waals surface area contributed by atoms with Crippen LogP contribution in [0.4, 0.5) is 10.1 Å². The molecule has 1 aliphatic heterocycles. The molecule has 19 heavy (non-hydrogen) atoms. The van der Waals surface area contributed by atoms with Crippen molar-refractivity contribution >= 4 is 27.5 Å². The summed E-state index contributed by atoms with van der Waals surface area (Å²) in [6.07, 6.45) is 0. The maximum atomic E-state index is 13.6. The molecule has 0 unspecified atom stereocenters. The number of nitrogens with one attached hydrogen (secondary N) is 3. The summed E-state index contributed by atoms with van der Waals surface area (Å²) in [5, 5.41) is 2.63. The van der Waals surface area contributed by atoms with Gasteiger partial charge in [-0.05, 0) is 18.2 Å². The summed E-state index contributed by atoms with van der Waals surface area (Å²) >= 11 is 3.19. The van der Waals surface area contributed by atoms with Gasteiger partial charge in [-0.1, -0.05) is 15.9 Å². The Labute approximate surface area is 120 Å². The second kappa shape index (κ2) is 6.45. The first-order valence-corrected chi connectivity index (χ1v) is 7.23. The molecule has 1 aliphatic rings. The van der Waals surface area contributed by atoms with Crippen molar-refractivity contribution in [3.8, 4) is 0 Å². The molecule has 1 fully saturated rings. The maximum absolute atomic E-state index is 13.6. The second-order valence-corrected chi connectivity index (χ2v) is 5.97. The van der Waals surface area contributed by atoms with Gasteiger partial charge in [-0.15, -0.1) is 0 Å². The van der Waals surface area contributed by atoms with Crippen LogP contribution in [0.15, 0.2) is 22.7 Å². The average molecular weight is 332 g/mol. The Hall–Kier alpha value is -0.980. The lowest BCUT2D eigenvalue weighted by molar-refractivity contribution is -0.999. The van der Waals surface area contributed by atoms with Crippen LogP contribution in [0.25, 0.3) is 0 Å². The van der Waals surface area contributed by atoms with E-state index in [1.165, 1.54) is 15.9 Å². The largest absolute Gasteiger partial charge is 0.328 e. The van der Waals surface area contributed by atoms with Crippen molar-refractivity contribution < 1.29 is 19.0 Å². The molecule has 104 valence electrons. The van der Waals surface area contributed by atoms with Crippen molar-refractivity contribution in [2.24, 2.45) is 0 Å². The highest BCUT2D eigenvalue weighted by Gasteiger charge is 2.22. The Morgan fingerprint density at radius 1 is 1.37 bits per heavy atom. The van der Waals surface area contributed by atoms with Gasteiger partial charge < -0.3 is 15.1 Å². The summed E-state index contributed by atoms with van der Waals surface area (Å²) in [5.74, 6) is -0.545. The Balaban J connectivity index is 1.87. The first-order chi connectivity index (χ1) is 9.04. The molecule has 0 aromatic heterocycles. The van der Waals surface area contributed by atoms with Crippen LogP contribution in [0.3, 0.4) is 0 Å². The number of carbonyl (C=O) groups is 1. The molecule has 6 heteroatoms. The van der Waals surface area contributed by atoms with Gasteiger partial charge in [0.15, 0.2) is 6.54 Å². The SMILES string of the molecule is C[NH+]1CC[NH+](CC(=O)Nc2ccc(Br)cc2F)CC1. The van der Waals surface area contributed by atoms with E-state index in [4.69, 9.17) is 0 Å². The van der Waals surface area contributed by atoms with Gasteiger partial charge in [0.05, 0.1) is 12.7 Å². The number of benzene rings is 1. The predicted molar refractivity (Wildman–Crippen MR) is 74.9 cm³/mol. The molecule has 4 nitrogen and oxygen atoms in total. The van der Waals surface area contributed by atoms with Crippen LogP contribution in [-0.4, -0.2) is 45.7 Å². The third-order valence-electron chi connectivity index (χ3n) is 3.43. The van der Waals surface area contributed by atoms with Crippen molar-refractivity contribution in [1.29, 1.82) is 0 Å². The molecule has 0 bridgehead atoms. The van der Waals surface area contributed by atoms with Crippen molar-refractivity contribution in [2.45, 2.75) is 0 Å². The van der Waals surface area contributed by atoms with Gasteiger partial charge in [-0.2, -0.15) is 0 Å². The highest BCUT2D eigenvalue weighted by Crippen LogP contribution is 2.18. The molecule has 3 N–H and O–H groups in total. The lowest BCUT2D eigenvalue weighted by Crippen LogP contribution is -3.27. The molecule has 0 atom stereocenters. The number of quaternary nitrogens is 2. The molecule has 1 heterocycles. The molecular weight excluding hydrogens is 313 g/mol. The molecule has 1 saturated heterocycles. The van der Waals surface area contributed by atoms with Gasteiger partial charge in [0.2, 0.25) is 0 Å². The summed E-state index contributed by atoms with van der Waals surface area (Å²) in [6, 6.07) is 4.63. The number of piperazine rings is 1. The van der Waals surface area contributed by atoms with Gasteiger partial charge in [-0.25, -0.2) is 4.39 Å². The number of carbonyl (C=O) groups excluding carboxylic acids is 1. The van der Waals surface area contributed by atoms with Crippen LogP contribution in [0, 0.1) is 5.82 Å². The van der Waals surface area contributed by atoms with Crippen molar-refractivity contribution in [3.63, 3.8) is 0 Å².